The van der Waals surface area contributed by atoms with E-state index in [1.165, 1.54) is 38.3 Å². The third-order valence-electron chi connectivity index (χ3n) is 3.52. The van der Waals surface area contributed by atoms with Gasteiger partial charge in [0.05, 0.1) is 0 Å². The van der Waals surface area contributed by atoms with E-state index in [-0.39, 0.29) is 5.91 Å². The molecule has 1 aromatic carbocycles. The summed E-state index contributed by atoms with van der Waals surface area (Å²) < 4.78 is 0. The molecule has 3 nitrogen and oxygen atoms in total. The van der Waals surface area contributed by atoms with Crippen molar-refractivity contribution in [1.29, 1.82) is 0 Å². The average molecular weight is 246 g/mol. The summed E-state index contributed by atoms with van der Waals surface area (Å²) in [6.07, 6.45) is 4.20. The largest absolute Gasteiger partial charge is 0.326 e. The Labute approximate surface area is 109 Å². The number of nitrogens with one attached hydrogen (secondary N) is 1. The van der Waals surface area contributed by atoms with Crippen LogP contribution in [0.5, 0.6) is 0 Å². The molecular formula is C15H22N2O. The molecule has 0 aromatic heterocycles. The van der Waals surface area contributed by atoms with Gasteiger partial charge in [0.2, 0.25) is 5.91 Å². The molecule has 0 aliphatic heterocycles. The Hall–Kier alpha value is -1.35. The molecule has 1 amide bonds. The molecular weight excluding hydrogens is 224 g/mol. The molecule has 1 aromatic rings. The van der Waals surface area contributed by atoms with Gasteiger partial charge in [-0.15, -0.1) is 0 Å². The third-order valence-corrected chi connectivity index (χ3v) is 3.52. The van der Waals surface area contributed by atoms with Gasteiger partial charge in [-0.25, -0.2) is 0 Å². The van der Waals surface area contributed by atoms with Crippen LogP contribution >= 0.6 is 0 Å². The van der Waals surface area contributed by atoms with Crippen molar-refractivity contribution in [3.05, 3.63) is 29.8 Å². The van der Waals surface area contributed by atoms with Crippen molar-refractivity contribution in [3.63, 3.8) is 0 Å². The van der Waals surface area contributed by atoms with Crippen LogP contribution in [0.15, 0.2) is 24.3 Å². The maximum atomic E-state index is 10.9. The number of carbonyl (C=O) groups excluding carboxylic acids is 1. The van der Waals surface area contributed by atoms with Gasteiger partial charge in [-0.1, -0.05) is 18.6 Å². The highest BCUT2D eigenvalue weighted by molar-refractivity contribution is 5.88. The van der Waals surface area contributed by atoms with Crippen LogP contribution in [0.1, 0.15) is 31.7 Å². The Kier molecular flexibility index (Phi) is 4.37. The highest BCUT2D eigenvalue weighted by Crippen LogP contribution is 2.27. The molecule has 0 heterocycles. The second kappa shape index (κ2) is 6.01. The molecule has 0 unspecified atom stereocenters. The number of amides is 1. The van der Waals surface area contributed by atoms with E-state index in [9.17, 15) is 4.79 Å². The van der Waals surface area contributed by atoms with Crippen LogP contribution in [0.2, 0.25) is 0 Å². The zero-order valence-corrected chi connectivity index (χ0v) is 11.3. The van der Waals surface area contributed by atoms with E-state index >= 15 is 0 Å². The van der Waals surface area contributed by atoms with Crippen molar-refractivity contribution in [2.45, 2.75) is 32.7 Å². The van der Waals surface area contributed by atoms with Crippen LogP contribution in [0, 0.1) is 5.92 Å². The summed E-state index contributed by atoms with van der Waals surface area (Å²) in [6.45, 7) is 3.71. The lowest BCUT2D eigenvalue weighted by Crippen LogP contribution is -2.29. The van der Waals surface area contributed by atoms with Crippen LogP contribution in [0.25, 0.3) is 0 Å². The predicted molar refractivity (Wildman–Crippen MR) is 74.4 cm³/mol. The Morgan fingerprint density at radius 3 is 2.50 bits per heavy atom. The molecule has 0 atom stereocenters. The maximum absolute atomic E-state index is 10.9. The third kappa shape index (κ3) is 3.84. The first-order chi connectivity index (χ1) is 8.63. The maximum Gasteiger partial charge on any atom is 0.221 e. The molecule has 3 heteroatoms. The van der Waals surface area contributed by atoms with Crippen LogP contribution in [0.4, 0.5) is 5.69 Å². The molecule has 0 bridgehead atoms. The van der Waals surface area contributed by atoms with Gasteiger partial charge in [-0.3, -0.25) is 4.79 Å². The number of hydrogen-bond donors (Lipinski definition) is 1. The number of carbonyl (C=O) groups is 1. The minimum Gasteiger partial charge on any atom is -0.326 e. The molecule has 0 saturated heterocycles. The lowest BCUT2D eigenvalue weighted by Gasteiger charge is -2.30. The standard InChI is InChI=1S/C15H22N2O/c1-12(18)16-15-8-6-14(7-9-15)11-17(2)10-13-4-3-5-13/h6-9,13H,3-5,10-11H2,1-2H3,(H,16,18). The first kappa shape index (κ1) is 13.1. The lowest BCUT2D eigenvalue weighted by molar-refractivity contribution is -0.114. The predicted octanol–water partition coefficient (Wildman–Crippen LogP) is 2.88. The molecule has 1 saturated carbocycles. The summed E-state index contributed by atoms with van der Waals surface area (Å²) in [6, 6.07) is 8.10. The van der Waals surface area contributed by atoms with E-state index < -0.39 is 0 Å². The highest BCUT2D eigenvalue weighted by atomic mass is 16.1. The van der Waals surface area contributed by atoms with Crippen molar-refractivity contribution < 1.29 is 4.79 Å². The van der Waals surface area contributed by atoms with Gasteiger partial charge in [0.15, 0.2) is 0 Å². The molecule has 0 spiro atoms. The van der Waals surface area contributed by atoms with Crippen LogP contribution in [-0.2, 0) is 11.3 Å². The van der Waals surface area contributed by atoms with Gasteiger partial charge in [0.1, 0.15) is 0 Å². The van der Waals surface area contributed by atoms with Crippen molar-refractivity contribution in [1.82, 2.24) is 4.90 Å². The molecule has 2 rings (SSSR count). The van der Waals surface area contributed by atoms with Gasteiger partial charge in [-0.2, -0.15) is 0 Å². The van der Waals surface area contributed by atoms with Crippen molar-refractivity contribution in [2.24, 2.45) is 5.92 Å². The summed E-state index contributed by atoms with van der Waals surface area (Å²) in [4.78, 5) is 13.3. The Morgan fingerprint density at radius 1 is 1.33 bits per heavy atom. The van der Waals surface area contributed by atoms with E-state index in [0.717, 1.165) is 18.2 Å². The second-order valence-electron chi connectivity index (χ2n) is 5.37. The Balaban J connectivity index is 1.83. The van der Waals surface area contributed by atoms with Crippen LogP contribution in [0.3, 0.4) is 0 Å². The number of rotatable bonds is 5. The molecule has 98 valence electrons. The quantitative estimate of drug-likeness (QED) is 0.866. The molecule has 1 aliphatic rings. The van der Waals surface area contributed by atoms with Gasteiger partial charge in [0.25, 0.3) is 0 Å². The van der Waals surface area contributed by atoms with E-state index in [0.29, 0.717) is 0 Å². The van der Waals surface area contributed by atoms with Crippen LogP contribution < -0.4 is 5.32 Å². The second-order valence-corrected chi connectivity index (χ2v) is 5.37. The van der Waals surface area contributed by atoms with E-state index in [1.54, 1.807) is 0 Å². The van der Waals surface area contributed by atoms with E-state index in [2.05, 4.69) is 29.4 Å². The van der Waals surface area contributed by atoms with Gasteiger partial charge < -0.3 is 10.2 Å². The van der Waals surface area contributed by atoms with Crippen molar-refractivity contribution >= 4 is 11.6 Å². The smallest absolute Gasteiger partial charge is 0.221 e. The minimum atomic E-state index is -0.0233. The zero-order chi connectivity index (χ0) is 13.0. The number of anilines is 1. The topological polar surface area (TPSA) is 32.3 Å². The monoisotopic (exact) mass is 246 g/mol. The first-order valence-electron chi connectivity index (χ1n) is 6.68. The molecule has 0 radical (unpaired) electrons. The fourth-order valence-corrected chi connectivity index (χ4v) is 2.39. The fourth-order valence-electron chi connectivity index (χ4n) is 2.39. The number of benzene rings is 1. The zero-order valence-electron chi connectivity index (χ0n) is 11.3. The normalized spacial score (nSPS) is 15.5. The minimum absolute atomic E-state index is 0.0233. The van der Waals surface area contributed by atoms with E-state index in [4.69, 9.17) is 0 Å². The van der Waals surface area contributed by atoms with Gasteiger partial charge >= 0.3 is 0 Å². The highest BCUT2D eigenvalue weighted by Gasteiger charge is 2.18. The molecule has 18 heavy (non-hydrogen) atoms. The molecule has 1 N–H and O–H groups in total. The summed E-state index contributed by atoms with van der Waals surface area (Å²) in [7, 11) is 2.18. The van der Waals surface area contributed by atoms with Gasteiger partial charge in [-0.05, 0) is 43.5 Å². The number of nitrogens with zero attached hydrogens (tertiary/aromatic N) is 1. The first-order valence-corrected chi connectivity index (χ1v) is 6.68. The Morgan fingerprint density at radius 2 is 2.00 bits per heavy atom. The lowest BCUT2D eigenvalue weighted by atomic mass is 9.85. The summed E-state index contributed by atoms with van der Waals surface area (Å²) in [5, 5.41) is 2.78. The number of hydrogen-bond acceptors (Lipinski definition) is 2. The fraction of sp³-hybridized carbons (Fsp3) is 0.533. The van der Waals surface area contributed by atoms with Crippen molar-refractivity contribution in [3.8, 4) is 0 Å². The summed E-state index contributed by atoms with van der Waals surface area (Å²) in [5.74, 6) is 0.888. The van der Waals surface area contributed by atoms with E-state index in [1.807, 2.05) is 12.1 Å². The average Bonchev–Trinajstić information content (AvgIpc) is 2.26. The molecule has 1 aliphatic carbocycles. The van der Waals surface area contributed by atoms with Crippen molar-refractivity contribution in [2.75, 3.05) is 18.9 Å². The van der Waals surface area contributed by atoms with Crippen LogP contribution in [-0.4, -0.2) is 24.4 Å². The summed E-state index contributed by atoms with van der Waals surface area (Å²) >= 11 is 0. The summed E-state index contributed by atoms with van der Waals surface area (Å²) in [5.41, 5.74) is 2.17. The molecule has 1 fully saturated rings. The van der Waals surface area contributed by atoms with Gasteiger partial charge in [0, 0.05) is 25.7 Å². The Bertz CT molecular complexity index is 395. The SMILES string of the molecule is CC(=O)Nc1ccc(CN(C)CC2CCC2)cc1.